The third-order valence-electron chi connectivity index (χ3n) is 4.38. The van der Waals surface area contributed by atoms with Gasteiger partial charge in [-0.1, -0.05) is 0 Å². The molecule has 2 rings (SSSR count). The summed E-state index contributed by atoms with van der Waals surface area (Å²) in [5, 5.41) is 12.0. The first-order valence-corrected chi connectivity index (χ1v) is 7.37. The number of urea groups is 1. The zero-order chi connectivity index (χ0) is 14.5. The summed E-state index contributed by atoms with van der Waals surface area (Å²) < 4.78 is 5.12. The van der Waals surface area contributed by atoms with Crippen molar-refractivity contribution in [2.24, 2.45) is 11.8 Å². The molecule has 0 aromatic rings. The molecule has 114 valence electrons. The van der Waals surface area contributed by atoms with Gasteiger partial charge in [-0.25, -0.2) is 4.79 Å². The zero-order valence-corrected chi connectivity index (χ0v) is 12.0. The van der Waals surface area contributed by atoms with Crippen molar-refractivity contribution in [3.63, 3.8) is 0 Å². The van der Waals surface area contributed by atoms with Gasteiger partial charge >= 0.3 is 12.0 Å². The van der Waals surface area contributed by atoms with Crippen LogP contribution in [0.15, 0.2) is 0 Å². The van der Waals surface area contributed by atoms with Crippen LogP contribution < -0.4 is 5.32 Å². The highest BCUT2D eigenvalue weighted by Gasteiger charge is 2.30. The van der Waals surface area contributed by atoms with Crippen LogP contribution in [-0.2, 0) is 9.53 Å². The second kappa shape index (κ2) is 6.92. The van der Waals surface area contributed by atoms with Crippen LogP contribution >= 0.6 is 0 Å². The molecule has 0 spiro atoms. The Morgan fingerprint density at radius 1 is 1.25 bits per heavy atom. The summed E-state index contributed by atoms with van der Waals surface area (Å²) in [7, 11) is 1.68. The van der Waals surface area contributed by atoms with E-state index in [9.17, 15) is 9.59 Å². The fourth-order valence-corrected chi connectivity index (χ4v) is 3.14. The summed E-state index contributed by atoms with van der Waals surface area (Å²) in [5.41, 5.74) is 0. The Hall–Kier alpha value is -1.30. The first kappa shape index (κ1) is 15.1. The van der Waals surface area contributed by atoms with Crippen LogP contribution in [0.3, 0.4) is 0 Å². The van der Waals surface area contributed by atoms with E-state index in [1.165, 1.54) is 0 Å². The Balaban J connectivity index is 1.72. The van der Waals surface area contributed by atoms with Gasteiger partial charge in [0.05, 0.1) is 12.5 Å². The summed E-state index contributed by atoms with van der Waals surface area (Å²) >= 11 is 0. The number of rotatable bonds is 4. The molecule has 1 atom stereocenters. The highest BCUT2D eigenvalue weighted by atomic mass is 16.5. The predicted octanol–water partition coefficient (Wildman–Crippen LogP) is 1.31. The van der Waals surface area contributed by atoms with Gasteiger partial charge in [-0.15, -0.1) is 0 Å². The van der Waals surface area contributed by atoms with Gasteiger partial charge in [-0.05, 0) is 32.1 Å². The molecule has 1 saturated heterocycles. The number of methoxy groups -OCH3 is 1. The maximum Gasteiger partial charge on any atom is 0.317 e. The molecule has 6 nitrogen and oxygen atoms in total. The van der Waals surface area contributed by atoms with E-state index in [0.717, 1.165) is 32.4 Å². The van der Waals surface area contributed by atoms with Gasteiger partial charge in [0.25, 0.3) is 0 Å². The summed E-state index contributed by atoms with van der Waals surface area (Å²) in [5.74, 6) is -0.508. The number of hydrogen-bond donors (Lipinski definition) is 2. The molecule has 0 aromatic heterocycles. The standard InChI is InChI=1S/C14H24N2O4/c1-20-9-10-6-7-16(8-10)14(19)15-12-4-2-11(3-5-12)13(17)18/h10-12H,2-9H2,1H3,(H,15,19)(H,17,18). The molecule has 2 N–H and O–H groups in total. The molecule has 2 amide bonds. The minimum atomic E-state index is -0.711. The molecule has 0 radical (unpaired) electrons. The Labute approximate surface area is 119 Å². The minimum Gasteiger partial charge on any atom is -0.481 e. The maximum atomic E-state index is 12.1. The molecule has 1 aliphatic carbocycles. The van der Waals surface area contributed by atoms with E-state index < -0.39 is 5.97 Å². The smallest absolute Gasteiger partial charge is 0.317 e. The van der Waals surface area contributed by atoms with Crippen molar-refractivity contribution in [1.29, 1.82) is 0 Å². The number of ether oxygens (including phenoxy) is 1. The van der Waals surface area contributed by atoms with Crippen molar-refractivity contribution in [3.8, 4) is 0 Å². The molecule has 0 aromatic carbocycles. The minimum absolute atomic E-state index is 0.0117. The van der Waals surface area contributed by atoms with Crippen LogP contribution in [0, 0.1) is 11.8 Å². The molecular weight excluding hydrogens is 260 g/mol. The monoisotopic (exact) mass is 284 g/mol. The van der Waals surface area contributed by atoms with Gasteiger partial charge in [0, 0.05) is 32.2 Å². The largest absolute Gasteiger partial charge is 0.481 e. The lowest BCUT2D eigenvalue weighted by Gasteiger charge is -2.28. The van der Waals surface area contributed by atoms with Crippen LogP contribution in [0.4, 0.5) is 4.79 Å². The first-order valence-electron chi connectivity index (χ1n) is 7.37. The van der Waals surface area contributed by atoms with Crippen LogP contribution in [0.1, 0.15) is 32.1 Å². The fraction of sp³-hybridized carbons (Fsp3) is 0.857. The first-order chi connectivity index (χ1) is 9.60. The van der Waals surface area contributed by atoms with Gasteiger partial charge in [0.15, 0.2) is 0 Å². The molecule has 1 aliphatic heterocycles. The highest BCUT2D eigenvalue weighted by Crippen LogP contribution is 2.25. The summed E-state index contributed by atoms with van der Waals surface area (Å²) in [4.78, 5) is 24.9. The van der Waals surface area contributed by atoms with E-state index in [-0.39, 0.29) is 18.0 Å². The third-order valence-corrected chi connectivity index (χ3v) is 4.38. The Morgan fingerprint density at radius 3 is 2.55 bits per heavy atom. The molecule has 20 heavy (non-hydrogen) atoms. The second-order valence-corrected chi connectivity index (χ2v) is 5.89. The number of likely N-dealkylation sites (tertiary alicyclic amines) is 1. The highest BCUT2D eigenvalue weighted by molar-refractivity contribution is 5.75. The quantitative estimate of drug-likeness (QED) is 0.816. The van der Waals surface area contributed by atoms with Gasteiger partial charge in [0.2, 0.25) is 0 Å². The molecule has 2 fully saturated rings. The Morgan fingerprint density at radius 2 is 1.95 bits per heavy atom. The molecular formula is C14H24N2O4. The normalized spacial score (nSPS) is 30.2. The molecule has 0 bridgehead atoms. The van der Waals surface area contributed by atoms with E-state index in [2.05, 4.69) is 5.32 Å². The van der Waals surface area contributed by atoms with E-state index in [1.807, 2.05) is 4.90 Å². The van der Waals surface area contributed by atoms with Crippen LogP contribution in [0.2, 0.25) is 0 Å². The Kier molecular flexibility index (Phi) is 5.23. The van der Waals surface area contributed by atoms with Crippen molar-refractivity contribution in [2.75, 3.05) is 26.8 Å². The number of carboxylic acids is 1. The van der Waals surface area contributed by atoms with E-state index in [1.54, 1.807) is 7.11 Å². The number of nitrogens with one attached hydrogen (secondary N) is 1. The van der Waals surface area contributed by atoms with Crippen molar-refractivity contribution in [2.45, 2.75) is 38.1 Å². The third kappa shape index (κ3) is 3.85. The number of carboxylic acid groups (broad SMARTS) is 1. The van der Waals surface area contributed by atoms with E-state index in [0.29, 0.717) is 25.4 Å². The van der Waals surface area contributed by atoms with Crippen LogP contribution in [0.5, 0.6) is 0 Å². The van der Waals surface area contributed by atoms with E-state index in [4.69, 9.17) is 9.84 Å². The van der Waals surface area contributed by atoms with Gasteiger partial charge in [-0.2, -0.15) is 0 Å². The average Bonchev–Trinajstić information content (AvgIpc) is 2.88. The number of aliphatic carboxylic acids is 1. The maximum absolute atomic E-state index is 12.1. The fourth-order valence-electron chi connectivity index (χ4n) is 3.14. The van der Waals surface area contributed by atoms with Crippen LogP contribution in [0.25, 0.3) is 0 Å². The molecule has 6 heteroatoms. The van der Waals surface area contributed by atoms with Crippen molar-refractivity contribution in [1.82, 2.24) is 10.2 Å². The van der Waals surface area contributed by atoms with Gasteiger partial charge < -0.3 is 20.1 Å². The molecule has 1 unspecified atom stereocenters. The molecule has 1 heterocycles. The zero-order valence-electron chi connectivity index (χ0n) is 12.0. The number of carbonyl (C=O) groups is 2. The van der Waals surface area contributed by atoms with Crippen LogP contribution in [-0.4, -0.2) is 54.9 Å². The summed E-state index contributed by atoms with van der Waals surface area (Å²) in [6.07, 6.45) is 3.84. The number of amides is 2. The average molecular weight is 284 g/mol. The number of carbonyl (C=O) groups excluding carboxylic acids is 1. The van der Waals surface area contributed by atoms with Gasteiger partial charge in [-0.3, -0.25) is 4.79 Å². The van der Waals surface area contributed by atoms with E-state index >= 15 is 0 Å². The Bertz CT molecular complexity index is 353. The lowest BCUT2D eigenvalue weighted by molar-refractivity contribution is -0.142. The van der Waals surface area contributed by atoms with Crippen molar-refractivity contribution in [3.05, 3.63) is 0 Å². The lowest BCUT2D eigenvalue weighted by Crippen LogP contribution is -2.45. The second-order valence-electron chi connectivity index (χ2n) is 5.89. The lowest BCUT2D eigenvalue weighted by atomic mass is 9.86. The van der Waals surface area contributed by atoms with Crippen molar-refractivity contribution >= 4 is 12.0 Å². The molecule has 1 saturated carbocycles. The number of nitrogens with zero attached hydrogens (tertiary/aromatic N) is 1. The topological polar surface area (TPSA) is 78.9 Å². The van der Waals surface area contributed by atoms with Gasteiger partial charge in [0.1, 0.15) is 0 Å². The summed E-state index contributed by atoms with van der Waals surface area (Å²) in [6.45, 7) is 2.24. The SMILES string of the molecule is COCC1CCN(C(=O)NC2CCC(C(=O)O)CC2)C1. The number of hydrogen-bond acceptors (Lipinski definition) is 3. The predicted molar refractivity (Wildman–Crippen MR) is 73.5 cm³/mol. The molecule has 2 aliphatic rings. The van der Waals surface area contributed by atoms with Crippen molar-refractivity contribution < 1.29 is 19.4 Å². The summed E-state index contributed by atoms with van der Waals surface area (Å²) in [6, 6.07) is 0.113.